The lowest BCUT2D eigenvalue weighted by Crippen LogP contribution is -2.15. The molecule has 0 spiro atoms. The summed E-state index contributed by atoms with van der Waals surface area (Å²) in [6, 6.07) is 5.51. The van der Waals surface area contributed by atoms with Crippen molar-refractivity contribution in [1.82, 2.24) is 0 Å². The summed E-state index contributed by atoms with van der Waals surface area (Å²) in [7, 11) is 0. The molecule has 9 nitrogen and oxygen atoms in total. The molecular weight excluding hydrogens is 290 g/mol. The topological polar surface area (TPSA) is 134 Å². The lowest BCUT2D eigenvalue weighted by atomic mass is 9.89. The Morgan fingerprint density at radius 1 is 1.32 bits per heavy atom. The molecule has 114 valence electrons. The van der Waals surface area contributed by atoms with E-state index in [1.165, 1.54) is 12.1 Å². The van der Waals surface area contributed by atoms with Gasteiger partial charge in [0.15, 0.2) is 0 Å². The number of nitro groups is 2. The first kappa shape index (κ1) is 15.4. The summed E-state index contributed by atoms with van der Waals surface area (Å²) in [4.78, 5) is 20.3. The largest absolute Gasteiger partial charge is 0.301 e. The van der Waals surface area contributed by atoms with Gasteiger partial charge in [-0.05, 0) is 25.3 Å². The van der Waals surface area contributed by atoms with Crippen LogP contribution >= 0.6 is 0 Å². The number of nitro benzene ring substituents is 2. The molecule has 1 saturated carbocycles. The van der Waals surface area contributed by atoms with Crippen molar-refractivity contribution in [3.63, 3.8) is 0 Å². The second kappa shape index (κ2) is 6.62. The number of rotatable bonds is 4. The van der Waals surface area contributed by atoms with Crippen LogP contribution in [-0.2, 0) is 0 Å². The van der Waals surface area contributed by atoms with Crippen LogP contribution in [0.1, 0.15) is 25.7 Å². The van der Waals surface area contributed by atoms with E-state index in [0.29, 0.717) is 6.42 Å². The summed E-state index contributed by atoms with van der Waals surface area (Å²) in [6.45, 7) is 0. The highest BCUT2D eigenvalue weighted by Gasteiger charge is 2.21. The van der Waals surface area contributed by atoms with Gasteiger partial charge in [0.2, 0.25) is 0 Å². The third kappa shape index (κ3) is 3.54. The van der Waals surface area contributed by atoms with E-state index in [9.17, 15) is 20.2 Å². The normalized spacial score (nSPS) is 19.4. The van der Waals surface area contributed by atoms with Crippen LogP contribution in [0, 0.1) is 37.5 Å². The number of non-ortho nitro benzene ring substituents is 1. The second-order valence-electron chi connectivity index (χ2n) is 4.93. The molecule has 9 heteroatoms. The van der Waals surface area contributed by atoms with Crippen molar-refractivity contribution >= 4 is 22.8 Å². The molecule has 1 aliphatic rings. The first-order valence-electron chi connectivity index (χ1n) is 6.65. The zero-order chi connectivity index (χ0) is 16.1. The van der Waals surface area contributed by atoms with E-state index in [1.54, 1.807) is 0 Å². The maximum absolute atomic E-state index is 11.0. The molecule has 1 aliphatic carbocycles. The lowest BCUT2D eigenvalue weighted by molar-refractivity contribution is -0.393. The first-order valence-corrected chi connectivity index (χ1v) is 6.65. The van der Waals surface area contributed by atoms with Crippen molar-refractivity contribution in [1.29, 1.82) is 5.26 Å². The zero-order valence-corrected chi connectivity index (χ0v) is 11.6. The van der Waals surface area contributed by atoms with Crippen molar-refractivity contribution in [2.45, 2.75) is 25.7 Å². The van der Waals surface area contributed by atoms with Crippen LogP contribution in [0.15, 0.2) is 23.3 Å². The molecule has 2 rings (SSSR count). The van der Waals surface area contributed by atoms with Gasteiger partial charge in [0.25, 0.3) is 5.69 Å². The number of benzene rings is 1. The number of nitriles is 1. The molecule has 0 unspecified atom stereocenters. The minimum atomic E-state index is -0.700. The highest BCUT2D eigenvalue weighted by molar-refractivity contribution is 5.86. The molecule has 1 aromatic carbocycles. The summed E-state index contributed by atoms with van der Waals surface area (Å²) in [5.74, 6) is -0.0823. The molecule has 22 heavy (non-hydrogen) atoms. The van der Waals surface area contributed by atoms with E-state index < -0.39 is 15.5 Å². The number of hydrazone groups is 1. The number of anilines is 1. The van der Waals surface area contributed by atoms with Gasteiger partial charge in [-0.2, -0.15) is 10.4 Å². The first-order chi connectivity index (χ1) is 10.5. The summed E-state index contributed by atoms with van der Waals surface area (Å²) >= 11 is 0. The summed E-state index contributed by atoms with van der Waals surface area (Å²) < 4.78 is 0. The van der Waals surface area contributed by atoms with Crippen LogP contribution in [0.4, 0.5) is 17.1 Å². The second-order valence-corrected chi connectivity index (χ2v) is 4.93. The molecule has 1 N–H and O–H groups in total. The Hall–Kier alpha value is -3.02. The summed E-state index contributed by atoms with van der Waals surface area (Å²) in [5, 5.41) is 34.7. The SMILES string of the molecule is N#C[C@@H]1CCC/C(=N/Nc2ccc([N+](=O)[O-])cc2[N+](=O)[O-])C1. The predicted molar refractivity (Wildman–Crippen MR) is 78.4 cm³/mol. The molecule has 1 aromatic rings. The third-order valence-corrected chi connectivity index (χ3v) is 3.41. The minimum Gasteiger partial charge on any atom is -0.272 e. The smallest absolute Gasteiger partial charge is 0.272 e. The molecule has 0 aromatic heterocycles. The molecule has 0 bridgehead atoms. The minimum absolute atomic E-state index is 0.0823. The van der Waals surface area contributed by atoms with Crippen LogP contribution in [0.3, 0.4) is 0 Å². The number of nitrogens with one attached hydrogen (secondary N) is 1. The standard InChI is InChI=1S/C13H13N5O4/c14-8-9-2-1-3-10(6-9)15-16-12-5-4-11(17(19)20)7-13(12)18(21)22/h4-5,7,9,16H,1-3,6H2/b15-10-/t9-/m1/s1. The van der Waals surface area contributed by atoms with Gasteiger partial charge in [0, 0.05) is 18.2 Å². The van der Waals surface area contributed by atoms with Gasteiger partial charge in [-0.15, -0.1) is 0 Å². The Labute approximate surface area is 125 Å². The van der Waals surface area contributed by atoms with Gasteiger partial charge < -0.3 is 0 Å². The van der Waals surface area contributed by atoms with E-state index in [2.05, 4.69) is 16.6 Å². The number of hydrogen-bond donors (Lipinski definition) is 1. The summed E-state index contributed by atoms with van der Waals surface area (Å²) in [5.41, 5.74) is 2.68. The fraction of sp³-hybridized carbons (Fsp3) is 0.385. The van der Waals surface area contributed by atoms with Crippen molar-refractivity contribution in [2.75, 3.05) is 5.43 Å². The molecule has 0 aliphatic heterocycles. The van der Waals surface area contributed by atoms with Crippen molar-refractivity contribution in [2.24, 2.45) is 11.0 Å². The number of nitrogens with zero attached hydrogens (tertiary/aromatic N) is 4. The predicted octanol–water partition coefficient (Wildman–Crippen LogP) is 2.98. The Morgan fingerprint density at radius 3 is 2.73 bits per heavy atom. The van der Waals surface area contributed by atoms with E-state index in [0.717, 1.165) is 31.0 Å². The Kier molecular flexibility index (Phi) is 4.63. The van der Waals surface area contributed by atoms with Crippen LogP contribution in [-0.4, -0.2) is 15.6 Å². The average molecular weight is 303 g/mol. The van der Waals surface area contributed by atoms with Crippen molar-refractivity contribution in [3.8, 4) is 6.07 Å². The van der Waals surface area contributed by atoms with Crippen LogP contribution < -0.4 is 5.43 Å². The molecule has 0 amide bonds. The van der Waals surface area contributed by atoms with Gasteiger partial charge in [-0.1, -0.05) is 0 Å². The van der Waals surface area contributed by atoms with E-state index in [-0.39, 0.29) is 17.3 Å². The lowest BCUT2D eigenvalue weighted by Gasteiger charge is -2.17. The van der Waals surface area contributed by atoms with Crippen molar-refractivity contribution in [3.05, 3.63) is 38.4 Å². The van der Waals surface area contributed by atoms with Crippen LogP contribution in [0.25, 0.3) is 0 Å². The third-order valence-electron chi connectivity index (χ3n) is 3.41. The molecule has 1 fully saturated rings. The fourth-order valence-electron chi connectivity index (χ4n) is 2.27. The monoisotopic (exact) mass is 303 g/mol. The number of hydrogen-bond acceptors (Lipinski definition) is 7. The maximum Gasteiger partial charge on any atom is 0.301 e. The van der Waals surface area contributed by atoms with Crippen molar-refractivity contribution < 1.29 is 9.85 Å². The van der Waals surface area contributed by atoms with Crippen LogP contribution in [0.2, 0.25) is 0 Å². The van der Waals surface area contributed by atoms with Gasteiger partial charge in [0.1, 0.15) is 5.69 Å². The average Bonchev–Trinajstić information content (AvgIpc) is 2.52. The summed E-state index contributed by atoms with van der Waals surface area (Å²) in [6.07, 6.45) is 2.94. The molecule has 0 radical (unpaired) electrons. The van der Waals surface area contributed by atoms with E-state index >= 15 is 0 Å². The van der Waals surface area contributed by atoms with Gasteiger partial charge >= 0.3 is 5.69 Å². The molecule has 0 heterocycles. The highest BCUT2D eigenvalue weighted by atomic mass is 16.6. The van der Waals surface area contributed by atoms with Gasteiger partial charge in [-0.25, -0.2) is 0 Å². The fourth-order valence-corrected chi connectivity index (χ4v) is 2.27. The van der Waals surface area contributed by atoms with Gasteiger partial charge in [-0.3, -0.25) is 25.7 Å². The maximum atomic E-state index is 11.0. The molecule has 0 saturated heterocycles. The van der Waals surface area contributed by atoms with Crippen LogP contribution in [0.5, 0.6) is 0 Å². The Bertz CT molecular complexity index is 679. The highest BCUT2D eigenvalue weighted by Crippen LogP contribution is 2.29. The molecule has 1 atom stereocenters. The zero-order valence-electron chi connectivity index (χ0n) is 11.6. The van der Waals surface area contributed by atoms with E-state index in [4.69, 9.17) is 5.26 Å². The Morgan fingerprint density at radius 2 is 2.09 bits per heavy atom. The van der Waals surface area contributed by atoms with Gasteiger partial charge in [0.05, 0.1) is 27.9 Å². The quantitative estimate of drug-likeness (QED) is 0.671. The Balaban J connectivity index is 2.20. The molecular formula is C13H13N5O4. The van der Waals surface area contributed by atoms with E-state index in [1.807, 2.05) is 0 Å².